The monoisotopic (exact) mass is 383 g/mol. The minimum atomic E-state index is -3.68. The molecule has 1 aromatic heterocycles. The number of nitrogens with one attached hydrogen (secondary N) is 2. The zero-order valence-electron chi connectivity index (χ0n) is 14.4. The highest BCUT2D eigenvalue weighted by atomic mass is 32.2. The largest absolute Gasteiger partial charge is 0.619 e. The Morgan fingerprint density at radius 3 is 2.04 bits per heavy atom. The molecule has 27 heavy (non-hydrogen) atoms. The number of sulfonamides is 1. The molecule has 0 spiro atoms. The molecule has 3 rings (SSSR count). The molecular weight excluding hydrogens is 366 g/mol. The van der Waals surface area contributed by atoms with Crippen LogP contribution in [0.5, 0.6) is 0 Å². The van der Waals surface area contributed by atoms with Gasteiger partial charge in [-0.25, -0.2) is 8.42 Å². The third-order valence-corrected chi connectivity index (χ3v) is 5.19. The summed E-state index contributed by atoms with van der Waals surface area (Å²) in [5, 5.41) is 13.7. The van der Waals surface area contributed by atoms with Crippen molar-refractivity contribution in [3.8, 4) is 0 Å². The van der Waals surface area contributed by atoms with Gasteiger partial charge in [0.2, 0.25) is 0 Å². The van der Waals surface area contributed by atoms with Crippen molar-refractivity contribution in [1.82, 2.24) is 0 Å². The van der Waals surface area contributed by atoms with E-state index < -0.39 is 10.0 Å². The van der Waals surface area contributed by atoms with Gasteiger partial charge in [-0.2, -0.15) is 4.73 Å². The van der Waals surface area contributed by atoms with Gasteiger partial charge in [-0.3, -0.25) is 9.52 Å². The number of amides is 1. The molecule has 0 unspecified atom stereocenters. The van der Waals surface area contributed by atoms with Gasteiger partial charge < -0.3 is 10.5 Å². The van der Waals surface area contributed by atoms with Crippen molar-refractivity contribution in [3.63, 3.8) is 0 Å². The van der Waals surface area contributed by atoms with Crippen molar-refractivity contribution in [2.75, 3.05) is 10.0 Å². The molecule has 1 heterocycles. The highest BCUT2D eigenvalue weighted by Gasteiger charge is 2.14. The molecule has 8 heteroatoms. The van der Waals surface area contributed by atoms with Crippen LogP contribution in [0, 0.1) is 12.1 Å². The van der Waals surface area contributed by atoms with Crippen LogP contribution in [0.3, 0.4) is 0 Å². The maximum atomic E-state index is 12.4. The molecule has 0 bridgehead atoms. The predicted octanol–water partition coefficient (Wildman–Crippen LogP) is 2.68. The van der Waals surface area contributed by atoms with Crippen LogP contribution in [0.1, 0.15) is 15.9 Å². The maximum absolute atomic E-state index is 12.4. The van der Waals surface area contributed by atoms with Gasteiger partial charge in [0.05, 0.1) is 10.5 Å². The van der Waals surface area contributed by atoms with E-state index in [4.69, 9.17) is 0 Å². The van der Waals surface area contributed by atoms with Crippen LogP contribution in [-0.2, 0) is 10.0 Å². The third kappa shape index (κ3) is 4.62. The SMILES string of the molecule is Cc1ccc(S(=O)(=O)Nc2ccc(NC(=O)c3cc[n+]([O-])cc3)cc2)cc1. The minimum absolute atomic E-state index is 0.171. The Morgan fingerprint density at radius 1 is 0.889 bits per heavy atom. The van der Waals surface area contributed by atoms with Gasteiger partial charge in [-0.15, -0.1) is 0 Å². The average molecular weight is 383 g/mol. The molecule has 2 aromatic carbocycles. The molecule has 3 aromatic rings. The number of pyridine rings is 1. The van der Waals surface area contributed by atoms with Crippen molar-refractivity contribution in [2.45, 2.75) is 11.8 Å². The summed E-state index contributed by atoms with van der Waals surface area (Å²) in [5.74, 6) is -0.372. The smallest absolute Gasteiger partial charge is 0.261 e. The summed E-state index contributed by atoms with van der Waals surface area (Å²) >= 11 is 0. The lowest BCUT2D eigenvalue weighted by atomic mass is 10.2. The molecule has 0 aliphatic rings. The topological polar surface area (TPSA) is 102 Å². The fourth-order valence-electron chi connectivity index (χ4n) is 2.32. The number of carbonyl (C=O) groups excluding carboxylic acids is 1. The van der Waals surface area contributed by atoms with Crippen LogP contribution in [0.4, 0.5) is 11.4 Å². The van der Waals surface area contributed by atoms with Crippen molar-refractivity contribution < 1.29 is 17.9 Å². The van der Waals surface area contributed by atoms with Crippen molar-refractivity contribution in [3.05, 3.63) is 89.4 Å². The van der Waals surface area contributed by atoms with Gasteiger partial charge in [0.15, 0.2) is 12.4 Å². The Balaban J connectivity index is 1.69. The van der Waals surface area contributed by atoms with Crippen LogP contribution >= 0.6 is 0 Å². The molecule has 0 aliphatic carbocycles. The summed E-state index contributed by atoms with van der Waals surface area (Å²) in [6.45, 7) is 1.88. The van der Waals surface area contributed by atoms with Crippen molar-refractivity contribution in [1.29, 1.82) is 0 Å². The van der Waals surface area contributed by atoms with E-state index in [1.54, 1.807) is 36.4 Å². The second-order valence-corrected chi connectivity index (χ2v) is 7.58. The molecule has 2 N–H and O–H groups in total. The maximum Gasteiger partial charge on any atom is 0.261 e. The van der Waals surface area contributed by atoms with Gasteiger partial charge in [0, 0.05) is 23.5 Å². The van der Waals surface area contributed by atoms with Crippen molar-refractivity contribution >= 4 is 27.3 Å². The van der Waals surface area contributed by atoms with E-state index in [-0.39, 0.29) is 10.8 Å². The lowest BCUT2D eigenvalue weighted by Gasteiger charge is -2.10. The Labute approximate surface area is 156 Å². The lowest BCUT2D eigenvalue weighted by Crippen LogP contribution is -2.25. The van der Waals surface area contributed by atoms with Gasteiger partial charge in [-0.05, 0) is 43.3 Å². The molecule has 7 nitrogen and oxygen atoms in total. The standard InChI is InChI=1S/C19H17N3O4S/c1-14-2-8-18(9-3-14)27(25,26)21-17-6-4-16(5-7-17)20-19(23)15-10-12-22(24)13-11-15/h2-13,21H,1H3,(H,20,23). The van der Waals surface area contributed by atoms with Crippen molar-refractivity contribution in [2.24, 2.45) is 0 Å². The zero-order chi connectivity index (χ0) is 19.4. The number of hydrogen-bond donors (Lipinski definition) is 2. The first-order valence-corrected chi connectivity index (χ1v) is 9.51. The average Bonchev–Trinajstić information content (AvgIpc) is 2.64. The minimum Gasteiger partial charge on any atom is -0.619 e. The number of hydrogen-bond acceptors (Lipinski definition) is 4. The third-order valence-electron chi connectivity index (χ3n) is 3.79. The number of nitrogens with zero attached hydrogens (tertiary/aromatic N) is 1. The number of carbonyl (C=O) groups is 1. The summed E-state index contributed by atoms with van der Waals surface area (Å²) < 4.78 is 27.8. The first kappa shape index (κ1) is 18.4. The van der Waals surface area contributed by atoms with Gasteiger partial charge in [-0.1, -0.05) is 17.7 Å². The highest BCUT2D eigenvalue weighted by molar-refractivity contribution is 7.92. The van der Waals surface area contributed by atoms with E-state index in [0.717, 1.165) is 5.56 Å². The van der Waals surface area contributed by atoms with Crippen LogP contribution in [0.25, 0.3) is 0 Å². The Kier molecular flexibility index (Phi) is 5.09. The molecule has 138 valence electrons. The second kappa shape index (κ2) is 7.46. The number of anilines is 2. The second-order valence-electron chi connectivity index (χ2n) is 5.90. The van der Waals surface area contributed by atoms with Gasteiger partial charge >= 0.3 is 0 Å². The Hall–Kier alpha value is -3.39. The molecular formula is C19H17N3O4S. The number of aryl methyl sites for hydroxylation is 1. The fourth-order valence-corrected chi connectivity index (χ4v) is 3.38. The highest BCUT2D eigenvalue weighted by Crippen LogP contribution is 2.19. The normalized spacial score (nSPS) is 11.0. The van der Waals surface area contributed by atoms with E-state index in [0.29, 0.717) is 21.7 Å². The van der Waals surface area contributed by atoms with Gasteiger partial charge in [0.25, 0.3) is 15.9 Å². The molecule has 0 saturated heterocycles. The summed E-state index contributed by atoms with van der Waals surface area (Å²) in [6, 6.07) is 15.6. The summed E-state index contributed by atoms with van der Waals surface area (Å²) in [6.07, 6.45) is 2.47. The number of benzene rings is 2. The predicted molar refractivity (Wildman–Crippen MR) is 102 cm³/mol. The number of aromatic nitrogens is 1. The molecule has 1 amide bonds. The van der Waals surface area contributed by atoms with Crippen LogP contribution < -0.4 is 14.8 Å². The molecule has 0 fully saturated rings. The van der Waals surface area contributed by atoms with Crippen LogP contribution in [-0.4, -0.2) is 14.3 Å². The van der Waals surface area contributed by atoms with E-state index in [1.165, 1.54) is 36.7 Å². The Bertz CT molecular complexity index is 1050. The van der Waals surface area contributed by atoms with Crippen LogP contribution in [0.15, 0.2) is 78.0 Å². The lowest BCUT2D eigenvalue weighted by molar-refractivity contribution is -0.605. The molecule has 0 aliphatic heterocycles. The quantitative estimate of drug-likeness (QED) is 0.522. The molecule has 0 atom stereocenters. The molecule has 0 radical (unpaired) electrons. The first-order chi connectivity index (χ1) is 12.8. The first-order valence-electron chi connectivity index (χ1n) is 8.03. The molecule has 0 saturated carbocycles. The fraction of sp³-hybridized carbons (Fsp3) is 0.0526. The Morgan fingerprint density at radius 2 is 1.44 bits per heavy atom. The summed E-state index contributed by atoms with van der Waals surface area (Å²) in [7, 11) is -3.68. The van der Waals surface area contributed by atoms with Crippen LogP contribution in [0.2, 0.25) is 0 Å². The van der Waals surface area contributed by atoms with Gasteiger partial charge in [0.1, 0.15) is 0 Å². The number of rotatable bonds is 5. The zero-order valence-corrected chi connectivity index (χ0v) is 15.2. The van der Waals surface area contributed by atoms with E-state index in [2.05, 4.69) is 10.0 Å². The summed E-state index contributed by atoms with van der Waals surface area (Å²) in [4.78, 5) is 12.3. The van der Waals surface area contributed by atoms with E-state index >= 15 is 0 Å². The summed E-state index contributed by atoms with van der Waals surface area (Å²) in [5.41, 5.74) is 2.18. The van der Waals surface area contributed by atoms with E-state index in [1.807, 2.05) is 6.92 Å². The van der Waals surface area contributed by atoms with E-state index in [9.17, 15) is 18.4 Å².